The fourth-order valence-corrected chi connectivity index (χ4v) is 5.30. The smallest absolute Gasteiger partial charge is 0.744 e. The Labute approximate surface area is 206 Å². The van der Waals surface area contributed by atoms with Crippen LogP contribution in [0.15, 0.2) is 29.2 Å². The van der Waals surface area contributed by atoms with E-state index in [1.54, 1.807) is 6.07 Å². The average Bonchev–Trinajstić information content (AvgIpc) is 2.64. The van der Waals surface area contributed by atoms with Crippen LogP contribution in [0.25, 0.3) is 10.8 Å². The molecule has 2 aromatic carbocycles. The summed E-state index contributed by atoms with van der Waals surface area (Å²) in [6.07, 6.45) is 2.51. The summed E-state index contributed by atoms with van der Waals surface area (Å²) in [5, 5.41) is 1.45. The van der Waals surface area contributed by atoms with E-state index in [0.29, 0.717) is 5.39 Å². The number of hydrogen-bond donors (Lipinski definition) is 0. The van der Waals surface area contributed by atoms with E-state index in [1.807, 2.05) is 18.2 Å². The molecule has 0 aliphatic carbocycles. The van der Waals surface area contributed by atoms with Gasteiger partial charge in [-0.05, 0) is 63.0 Å². The second-order valence-electron chi connectivity index (χ2n) is 10.2. The van der Waals surface area contributed by atoms with Gasteiger partial charge < -0.3 is 4.55 Å². The van der Waals surface area contributed by atoms with Crippen LogP contribution in [-0.4, -0.2) is 13.0 Å². The molecular formula is C25H37NaO3S. The minimum absolute atomic E-state index is 0. The predicted molar refractivity (Wildman–Crippen MR) is 122 cm³/mol. The monoisotopic (exact) mass is 440 g/mol. The number of fused-ring (bicyclic) bond motifs is 1. The van der Waals surface area contributed by atoms with E-state index in [1.165, 1.54) is 5.56 Å². The van der Waals surface area contributed by atoms with Gasteiger partial charge in [0.15, 0.2) is 0 Å². The van der Waals surface area contributed by atoms with E-state index in [-0.39, 0.29) is 45.3 Å². The molecule has 0 aliphatic heterocycles. The zero-order valence-electron chi connectivity index (χ0n) is 20.6. The summed E-state index contributed by atoms with van der Waals surface area (Å²) >= 11 is 0. The molecule has 5 heteroatoms. The minimum Gasteiger partial charge on any atom is -0.744 e. The van der Waals surface area contributed by atoms with Gasteiger partial charge in [-0.25, -0.2) is 8.42 Å². The van der Waals surface area contributed by atoms with Crippen molar-refractivity contribution in [1.82, 2.24) is 0 Å². The molecule has 2 aromatic rings. The molecule has 0 spiro atoms. The quantitative estimate of drug-likeness (QED) is 0.486. The van der Waals surface area contributed by atoms with E-state index in [4.69, 9.17) is 0 Å². The number of hydrogen-bond acceptors (Lipinski definition) is 3. The Bertz CT molecular complexity index is 1020. The van der Waals surface area contributed by atoms with Crippen LogP contribution >= 0.6 is 0 Å². The Kier molecular flexibility index (Phi) is 8.51. The Morgan fingerprint density at radius 3 is 1.47 bits per heavy atom. The van der Waals surface area contributed by atoms with Gasteiger partial charge in [-0.2, -0.15) is 0 Å². The molecule has 0 amide bonds. The van der Waals surface area contributed by atoms with Crippen LogP contribution in [0, 0.1) is 0 Å². The van der Waals surface area contributed by atoms with Crippen LogP contribution < -0.4 is 29.6 Å². The summed E-state index contributed by atoms with van der Waals surface area (Å²) in [6, 6.07) is 7.54. The SMILES string of the molecule is CCC(C)(C)c1c(C(C)(C)CC)c(S(=O)(=O)[O-])c2ccccc2c1C(C)(C)CC.[Na+]. The maximum Gasteiger partial charge on any atom is 1.00 e. The van der Waals surface area contributed by atoms with Crippen molar-refractivity contribution in [1.29, 1.82) is 0 Å². The molecule has 0 saturated heterocycles. The third kappa shape index (κ3) is 4.83. The maximum atomic E-state index is 12.7. The molecule has 0 saturated carbocycles. The average molecular weight is 441 g/mol. The van der Waals surface area contributed by atoms with Crippen molar-refractivity contribution in [3.05, 3.63) is 41.0 Å². The molecule has 30 heavy (non-hydrogen) atoms. The topological polar surface area (TPSA) is 57.2 Å². The number of benzene rings is 2. The molecule has 0 heterocycles. The minimum atomic E-state index is -4.66. The molecule has 3 nitrogen and oxygen atoms in total. The van der Waals surface area contributed by atoms with Crippen molar-refractivity contribution in [3.8, 4) is 0 Å². The zero-order chi connectivity index (χ0) is 22.4. The first kappa shape index (κ1) is 27.6. The molecule has 0 fully saturated rings. The molecule has 2 rings (SSSR count). The maximum absolute atomic E-state index is 12.7. The van der Waals surface area contributed by atoms with E-state index in [0.717, 1.165) is 35.8 Å². The van der Waals surface area contributed by atoms with Crippen LogP contribution in [-0.2, 0) is 26.4 Å². The molecular weight excluding hydrogens is 403 g/mol. The van der Waals surface area contributed by atoms with Gasteiger partial charge in [0.1, 0.15) is 10.1 Å². The molecule has 162 valence electrons. The van der Waals surface area contributed by atoms with E-state index < -0.39 is 15.5 Å². The van der Waals surface area contributed by atoms with Gasteiger partial charge in [0, 0.05) is 0 Å². The first-order valence-electron chi connectivity index (χ1n) is 10.7. The molecule has 0 aliphatic rings. The van der Waals surface area contributed by atoms with Crippen molar-refractivity contribution in [3.63, 3.8) is 0 Å². The van der Waals surface area contributed by atoms with Gasteiger partial charge in [-0.3, -0.25) is 0 Å². The molecule has 0 radical (unpaired) electrons. The van der Waals surface area contributed by atoms with Crippen LogP contribution in [0.1, 0.15) is 98.3 Å². The molecule has 0 bridgehead atoms. The van der Waals surface area contributed by atoms with Gasteiger partial charge in [0.25, 0.3) is 0 Å². The largest absolute Gasteiger partial charge is 1.00 e. The van der Waals surface area contributed by atoms with Crippen LogP contribution in [0.4, 0.5) is 0 Å². The van der Waals surface area contributed by atoms with Crippen LogP contribution in [0.5, 0.6) is 0 Å². The van der Waals surface area contributed by atoms with Crippen molar-refractivity contribution < 1.29 is 42.5 Å². The van der Waals surface area contributed by atoms with Gasteiger partial charge in [0.05, 0.1) is 4.90 Å². The van der Waals surface area contributed by atoms with Crippen molar-refractivity contribution in [2.75, 3.05) is 0 Å². The Morgan fingerprint density at radius 1 is 0.700 bits per heavy atom. The van der Waals surface area contributed by atoms with Crippen molar-refractivity contribution >= 4 is 20.9 Å². The van der Waals surface area contributed by atoms with E-state index in [2.05, 4.69) is 62.3 Å². The predicted octanol–water partition coefficient (Wildman–Crippen LogP) is 3.81. The fourth-order valence-electron chi connectivity index (χ4n) is 4.22. The van der Waals surface area contributed by atoms with Gasteiger partial charge in [0.2, 0.25) is 0 Å². The van der Waals surface area contributed by atoms with Gasteiger partial charge in [-0.1, -0.05) is 86.6 Å². The third-order valence-electron chi connectivity index (χ3n) is 7.10. The van der Waals surface area contributed by atoms with Crippen molar-refractivity contribution in [2.45, 2.75) is 103 Å². The summed E-state index contributed by atoms with van der Waals surface area (Å²) in [5.74, 6) is 0. The summed E-state index contributed by atoms with van der Waals surface area (Å²) in [4.78, 5) is -0.0212. The summed E-state index contributed by atoms with van der Waals surface area (Å²) < 4.78 is 38.0. The zero-order valence-corrected chi connectivity index (χ0v) is 23.4. The summed E-state index contributed by atoms with van der Waals surface area (Å²) in [6.45, 7) is 19.3. The number of rotatable bonds is 7. The van der Waals surface area contributed by atoms with E-state index in [9.17, 15) is 13.0 Å². The summed E-state index contributed by atoms with van der Waals surface area (Å²) in [5.41, 5.74) is 2.07. The molecule has 0 unspecified atom stereocenters. The second-order valence-corrected chi connectivity index (χ2v) is 11.5. The Hall–Kier alpha value is -0.390. The third-order valence-corrected chi connectivity index (χ3v) is 8.02. The standard InChI is InChI=1S/C25H38O3S.Na/c1-10-23(4,5)19-17-15-13-14-16-18(17)22(29(26,27)28)21(25(8,9)12-3)20(19)24(6,7)11-2;/h13-16H,10-12H2,1-9H3,(H,26,27,28);/q;+1/p-1. The Balaban J connectivity index is 0.00000450. The normalized spacial score (nSPS) is 13.4. The summed E-state index contributed by atoms with van der Waals surface area (Å²) in [7, 11) is -4.66. The molecule has 0 atom stereocenters. The Morgan fingerprint density at radius 2 is 1.07 bits per heavy atom. The van der Waals surface area contributed by atoms with Gasteiger partial charge in [-0.15, -0.1) is 0 Å². The van der Waals surface area contributed by atoms with Crippen LogP contribution in [0.2, 0.25) is 0 Å². The van der Waals surface area contributed by atoms with Crippen LogP contribution in [0.3, 0.4) is 0 Å². The molecule has 0 N–H and O–H groups in total. The van der Waals surface area contributed by atoms with E-state index >= 15 is 0 Å². The first-order chi connectivity index (χ1) is 13.2. The van der Waals surface area contributed by atoms with Crippen molar-refractivity contribution in [2.24, 2.45) is 0 Å². The van der Waals surface area contributed by atoms with Gasteiger partial charge >= 0.3 is 29.6 Å². The fraction of sp³-hybridized carbons (Fsp3) is 0.600. The molecule has 0 aromatic heterocycles. The second kappa shape index (κ2) is 9.23. The first-order valence-corrected chi connectivity index (χ1v) is 12.1.